The summed E-state index contributed by atoms with van der Waals surface area (Å²) in [6, 6.07) is 14.1. The minimum Gasteiger partial charge on any atom is -0.457 e. The van der Waals surface area contributed by atoms with E-state index in [1.165, 1.54) is 11.1 Å². The number of fused-ring (bicyclic) bond motifs is 1. The van der Waals surface area contributed by atoms with Gasteiger partial charge in [0.25, 0.3) is 0 Å². The van der Waals surface area contributed by atoms with Gasteiger partial charge < -0.3 is 14.5 Å². The third-order valence-corrected chi connectivity index (χ3v) is 5.62. The van der Waals surface area contributed by atoms with E-state index in [-0.39, 0.29) is 0 Å². The molecule has 0 saturated carbocycles. The Labute approximate surface area is 176 Å². The van der Waals surface area contributed by atoms with Crippen LogP contribution in [-0.2, 0) is 11.3 Å². The number of nitrogens with zero attached hydrogens (tertiary/aromatic N) is 3. The molecule has 1 N–H and O–H groups in total. The number of allylic oxidation sites excluding steroid dienone is 1. The van der Waals surface area contributed by atoms with Gasteiger partial charge in [-0.05, 0) is 60.9 Å². The number of aliphatic imine (C=N–C) groups is 1. The lowest BCUT2D eigenvalue weighted by atomic mass is 10.1. The van der Waals surface area contributed by atoms with Crippen LogP contribution in [0.15, 0.2) is 53.5 Å². The van der Waals surface area contributed by atoms with Gasteiger partial charge in [-0.15, -0.1) is 0 Å². The highest BCUT2D eigenvalue weighted by Crippen LogP contribution is 2.27. The van der Waals surface area contributed by atoms with Crippen molar-refractivity contribution >= 4 is 22.8 Å². The summed E-state index contributed by atoms with van der Waals surface area (Å²) in [7, 11) is 2.14. The average molecular weight is 402 g/mol. The first-order valence-electron chi connectivity index (χ1n) is 10.5. The Balaban J connectivity index is 1.24. The Bertz CT molecular complexity index is 1080. The zero-order chi connectivity index (χ0) is 20.3. The molecular formula is C24H26N4O2. The summed E-state index contributed by atoms with van der Waals surface area (Å²) in [4.78, 5) is 14.7. The van der Waals surface area contributed by atoms with Crippen molar-refractivity contribution in [3.8, 4) is 11.5 Å². The molecule has 2 aliphatic heterocycles. The molecule has 6 heteroatoms. The number of aromatic nitrogens is 2. The van der Waals surface area contributed by atoms with Crippen LogP contribution in [0.4, 0.5) is 0 Å². The topological polar surface area (TPSA) is 62.7 Å². The maximum absolute atomic E-state index is 6.06. The molecule has 2 aliphatic rings. The molecule has 2 aromatic carbocycles. The van der Waals surface area contributed by atoms with Gasteiger partial charge in [0.15, 0.2) is 0 Å². The lowest BCUT2D eigenvalue weighted by molar-refractivity contribution is 0.172. The Morgan fingerprint density at radius 1 is 1.17 bits per heavy atom. The van der Waals surface area contributed by atoms with Crippen molar-refractivity contribution in [2.24, 2.45) is 10.9 Å². The molecule has 0 radical (unpaired) electrons. The number of nitrogens with one attached hydrogen (secondary N) is 1. The third kappa shape index (κ3) is 4.30. The lowest BCUT2D eigenvalue weighted by Gasteiger charge is -2.18. The zero-order valence-corrected chi connectivity index (χ0v) is 17.2. The first-order valence-corrected chi connectivity index (χ1v) is 10.5. The number of H-pyrrole nitrogens is 1. The highest BCUT2D eigenvalue weighted by molar-refractivity contribution is 5.89. The summed E-state index contributed by atoms with van der Waals surface area (Å²) in [5.41, 5.74) is 4.36. The fraction of sp³-hybridized carbons (Fsp3) is 0.333. The van der Waals surface area contributed by atoms with Crippen molar-refractivity contribution in [1.29, 1.82) is 0 Å². The van der Waals surface area contributed by atoms with Crippen LogP contribution in [0, 0.1) is 5.92 Å². The largest absolute Gasteiger partial charge is 0.457 e. The summed E-state index contributed by atoms with van der Waals surface area (Å²) in [6.07, 6.45) is 5.06. The Hall–Kier alpha value is -2.96. The number of rotatable bonds is 7. The van der Waals surface area contributed by atoms with Crippen LogP contribution in [0.5, 0.6) is 11.5 Å². The van der Waals surface area contributed by atoms with Gasteiger partial charge in [-0.2, -0.15) is 0 Å². The van der Waals surface area contributed by atoms with Gasteiger partial charge in [-0.25, -0.2) is 4.98 Å². The summed E-state index contributed by atoms with van der Waals surface area (Å²) < 4.78 is 11.5. The molecule has 0 spiro atoms. The predicted molar refractivity (Wildman–Crippen MR) is 119 cm³/mol. The maximum atomic E-state index is 6.06. The van der Waals surface area contributed by atoms with Crippen molar-refractivity contribution < 1.29 is 9.47 Å². The van der Waals surface area contributed by atoms with Crippen molar-refractivity contribution in [2.45, 2.75) is 13.0 Å². The summed E-state index contributed by atoms with van der Waals surface area (Å²) >= 11 is 0. The van der Waals surface area contributed by atoms with E-state index in [1.54, 1.807) is 0 Å². The summed E-state index contributed by atoms with van der Waals surface area (Å²) in [5, 5.41) is 0. The molecule has 1 atom stereocenters. The molecule has 30 heavy (non-hydrogen) atoms. The second-order valence-corrected chi connectivity index (χ2v) is 8.10. The van der Waals surface area contributed by atoms with E-state index in [4.69, 9.17) is 14.5 Å². The fourth-order valence-electron chi connectivity index (χ4n) is 4.08. The van der Waals surface area contributed by atoms with Gasteiger partial charge >= 0.3 is 0 Å². The second-order valence-electron chi connectivity index (χ2n) is 8.10. The van der Waals surface area contributed by atoms with E-state index in [0.29, 0.717) is 5.92 Å². The highest BCUT2D eigenvalue weighted by atomic mass is 16.5. The Morgan fingerprint density at radius 3 is 2.80 bits per heavy atom. The molecule has 6 nitrogen and oxygen atoms in total. The van der Waals surface area contributed by atoms with Crippen molar-refractivity contribution in [2.75, 3.05) is 33.4 Å². The normalized spacial score (nSPS) is 18.5. The zero-order valence-electron chi connectivity index (χ0n) is 17.2. The van der Waals surface area contributed by atoms with Crippen molar-refractivity contribution in [1.82, 2.24) is 14.9 Å². The van der Waals surface area contributed by atoms with E-state index in [2.05, 4.69) is 40.1 Å². The number of benzene rings is 2. The van der Waals surface area contributed by atoms with Gasteiger partial charge in [0, 0.05) is 25.4 Å². The van der Waals surface area contributed by atoms with E-state index >= 15 is 0 Å². The molecule has 0 bridgehead atoms. The van der Waals surface area contributed by atoms with Crippen LogP contribution in [0.1, 0.15) is 17.8 Å². The van der Waals surface area contributed by atoms with Crippen molar-refractivity contribution in [3.05, 3.63) is 59.9 Å². The van der Waals surface area contributed by atoms with Crippen LogP contribution < -0.4 is 4.74 Å². The minimum absolute atomic E-state index is 0.628. The van der Waals surface area contributed by atoms with Gasteiger partial charge in [-0.1, -0.05) is 12.1 Å². The molecule has 1 unspecified atom stereocenters. The molecule has 0 aliphatic carbocycles. The average Bonchev–Trinajstić information content (AvgIpc) is 3.50. The first kappa shape index (κ1) is 19.0. The predicted octanol–water partition coefficient (Wildman–Crippen LogP) is 4.29. The van der Waals surface area contributed by atoms with Crippen LogP contribution >= 0.6 is 0 Å². The number of ether oxygens (including phenoxy) is 2. The van der Waals surface area contributed by atoms with E-state index in [1.807, 2.05) is 36.5 Å². The van der Waals surface area contributed by atoms with Crippen LogP contribution in [0.2, 0.25) is 0 Å². The second kappa shape index (κ2) is 8.42. The molecule has 1 aromatic heterocycles. The van der Waals surface area contributed by atoms with Gasteiger partial charge in [-0.3, -0.25) is 9.89 Å². The fourth-order valence-corrected chi connectivity index (χ4v) is 4.08. The molecule has 0 amide bonds. The van der Waals surface area contributed by atoms with E-state index in [0.717, 1.165) is 67.6 Å². The molecule has 5 rings (SSSR count). The summed E-state index contributed by atoms with van der Waals surface area (Å²) in [6.45, 7) is 4.34. The molecule has 3 aromatic rings. The van der Waals surface area contributed by atoms with E-state index < -0.39 is 0 Å². The third-order valence-electron chi connectivity index (χ3n) is 5.62. The number of aromatic amines is 1. The highest BCUT2D eigenvalue weighted by Gasteiger charge is 2.18. The molecule has 3 heterocycles. The van der Waals surface area contributed by atoms with Crippen LogP contribution in [0.3, 0.4) is 0 Å². The SMILES string of the molecule is CN(Cc1nc2ccc(Oc3ccc(C4=CC=NC4)cc3)cc2[nH]1)CC1CCOC1. The van der Waals surface area contributed by atoms with Crippen molar-refractivity contribution in [3.63, 3.8) is 0 Å². The number of hydrogen-bond donors (Lipinski definition) is 1. The number of hydrogen-bond acceptors (Lipinski definition) is 5. The van der Waals surface area contributed by atoms with E-state index in [9.17, 15) is 0 Å². The first-order chi connectivity index (χ1) is 14.7. The summed E-state index contributed by atoms with van der Waals surface area (Å²) in [5.74, 6) is 3.21. The quantitative estimate of drug-likeness (QED) is 0.640. The Kier molecular flexibility index (Phi) is 5.34. The maximum Gasteiger partial charge on any atom is 0.129 e. The van der Waals surface area contributed by atoms with Gasteiger partial charge in [0.05, 0.1) is 30.7 Å². The minimum atomic E-state index is 0.628. The number of imidazole rings is 1. The monoisotopic (exact) mass is 402 g/mol. The van der Waals surface area contributed by atoms with Crippen LogP contribution in [0.25, 0.3) is 16.6 Å². The van der Waals surface area contributed by atoms with Gasteiger partial charge in [0.1, 0.15) is 17.3 Å². The van der Waals surface area contributed by atoms with Gasteiger partial charge in [0.2, 0.25) is 0 Å². The molecule has 1 saturated heterocycles. The van der Waals surface area contributed by atoms with Crippen LogP contribution in [-0.4, -0.2) is 54.4 Å². The molecule has 154 valence electrons. The smallest absolute Gasteiger partial charge is 0.129 e. The molecular weight excluding hydrogens is 376 g/mol. The Morgan fingerprint density at radius 2 is 2.03 bits per heavy atom. The molecule has 1 fully saturated rings. The lowest BCUT2D eigenvalue weighted by Crippen LogP contribution is -2.26. The standard InChI is InChI=1S/C24H26N4O2/c1-28(14-17-9-11-29-16-17)15-24-26-22-7-6-21(12-23(22)27-24)30-20-4-2-18(3-5-20)19-8-10-25-13-19/h2-8,10,12,17H,9,11,13-16H2,1H3,(H,26,27).